The molecule has 0 rings (SSSR count). The zero-order chi connectivity index (χ0) is 11.0. The van der Waals surface area contributed by atoms with E-state index in [4.69, 9.17) is 10.5 Å². The molecule has 0 fully saturated rings. The molecule has 0 aliphatic rings. The largest absolute Gasteiger partial charge is 0.383 e. The fourth-order valence-corrected chi connectivity index (χ4v) is 0.941. The maximum Gasteiger partial charge on any atom is 0.318 e. The summed E-state index contributed by atoms with van der Waals surface area (Å²) in [6.45, 7) is 2.56. The summed E-state index contributed by atoms with van der Waals surface area (Å²) in [5, 5.41) is 4.89. The molecule has 1 atom stereocenters. The van der Waals surface area contributed by atoms with Gasteiger partial charge in [-0.15, -0.1) is 0 Å². The van der Waals surface area contributed by atoms with Crippen LogP contribution in [0.2, 0.25) is 0 Å². The summed E-state index contributed by atoms with van der Waals surface area (Å²) < 4.78 is 4.92. The van der Waals surface area contributed by atoms with Crippen LogP contribution in [0.1, 0.15) is 13.3 Å². The van der Waals surface area contributed by atoms with Crippen LogP contribution in [0, 0.1) is 0 Å². The average molecular weight is 203 g/mol. The first-order valence-corrected chi connectivity index (χ1v) is 4.41. The molecule has 6 nitrogen and oxygen atoms in total. The highest BCUT2D eigenvalue weighted by Gasteiger charge is 2.08. The number of nitrogens with one attached hydrogen (secondary N) is 2. The Morgan fingerprint density at radius 1 is 1.50 bits per heavy atom. The van der Waals surface area contributed by atoms with Crippen LogP contribution in [-0.4, -0.2) is 38.2 Å². The lowest BCUT2D eigenvalue weighted by Crippen LogP contribution is -2.44. The lowest BCUT2D eigenvalue weighted by Gasteiger charge is -2.14. The van der Waals surface area contributed by atoms with Gasteiger partial charge in [0.1, 0.15) is 0 Å². The van der Waals surface area contributed by atoms with E-state index in [1.807, 2.05) is 12.2 Å². The monoisotopic (exact) mass is 203 g/mol. The van der Waals surface area contributed by atoms with Gasteiger partial charge in [-0.1, -0.05) is 6.92 Å². The van der Waals surface area contributed by atoms with Gasteiger partial charge in [0.25, 0.3) is 0 Å². The van der Waals surface area contributed by atoms with E-state index in [0.717, 1.165) is 6.42 Å². The third-order valence-corrected chi connectivity index (χ3v) is 1.67. The zero-order valence-electron chi connectivity index (χ0n) is 8.50. The van der Waals surface area contributed by atoms with Crippen molar-refractivity contribution in [1.29, 1.82) is 0 Å². The van der Waals surface area contributed by atoms with Crippen molar-refractivity contribution in [3.8, 4) is 0 Å². The number of hydrogen-bond acceptors (Lipinski definition) is 4. The standard InChI is InChI=1S/C8H17N3O3/c1-3-6(5-14-2)10-4-7(12)11-8(9)13/h6,10H,3-5H2,1-2H3,(H3,9,11,12,13). The number of primary amides is 1. The molecule has 0 aromatic carbocycles. The summed E-state index contributed by atoms with van der Waals surface area (Å²) in [6, 6.07) is -0.727. The normalized spacial score (nSPS) is 12.1. The first-order chi connectivity index (χ1) is 6.60. The molecule has 0 radical (unpaired) electrons. The molecule has 0 aromatic heterocycles. The number of urea groups is 1. The van der Waals surface area contributed by atoms with Gasteiger partial charge in [-0.25, -0.2) is 4.79 Å². The predicted molar refractivity (Wildman–Crippen MR) is 51.7 cm³/mol. The van der Waals surface area contributed by atoms with E-state index in [2.05, 4.69) is 5.32 Å². The molecule has 82 valence electrons. The fraction of sp³-hybridized carbons (Fsp3) is 0.750. The van der Waals surface area contributed by atoms with Crippen LogP contribution < -0.4 is 16.4 Å². The second-order valence-electron chi connectivity index (χ2n) is 2.85. The van der Waals surface area contributed by atoms with Crippen LogP contribution in [0.3, 0.4) is 0 Å². The molecule has 0 aliphatic heterocycles. The van der Waals surface area contributed by atoms with E-state index in [-0.39, 0.29) is 12.6 Å². The Morgan fingerprint density at radius 2 is 2.14 bits per heavy atom. The quantitative estimate of drug-likeness (QED) is 0.526. The van der Waals surface area contributed by atoms with Gasteiger partial charge in [0.05, 0.1) is 13.2 Å². The maximum atomic E-state index is 11.0. The Labute approximate surface area is 83.2 Å². The molecule has 0 bridgehead atoms. The summed E-state index contributed by atoms with van der Waals surface area (Å²) in [7, 11) is 1.59. The number of hydrogen-bond donors (Lipinski definition) is 3. The molecule has 0 saturated heterocycles. The smallest absolute Gasteiger partial charge is 0.318 e. The van der Waals surface area contributed by atoms with Crippen molar-refractivity contribution < 1.29 is 14.3 Å². The van der Waals surface area contributed by atoms with Gasteiger partial charge in [-0.05, 0) is 6.42 Å². The van der Waals surface area contributed by atoms with Crippen LogP contribution in [0.15, 0.2) is 0 Å². The summed E-state index contributed by atoms with van der Waals surface area (Å²) in [5.41, 5.74) is 4.77. The van der Waals surface area contributed by atoms with Gasteiger partial charge < -0.3 is 15.8 Å². The SMILES string of the molecule is CCC(COC)NCC(=O)NC(N)=O. The third kappa shape index (κ3) is 6.38. The fourth-order valence-electron chi connectivity index (χ4n) is 0.941. The second kappa shape index (κ2) is 7.28. The number of imide groups is 1. The van der Waals surface area contributed by atoms with Gasteiger partial charge in [0.15, 0.2) is 0 Å². The molecular formula is C8H17N3O3. The van der Waals surface area contributed by atoms with Gasteiger partial charge in [-0.3, -0.25) is 10.1 Å². The third-order valence-electron chi connectivity index (χ3n) is 1.67. The highest BCUT2D eigenvalue weighted by atomic mass is 16.5. The van der Waals surface area contributed by atoms with Crippen LogP contribution in [-0.2, 0) is 9.53 Å². The van der Waals surface area contributed by atoms with Crippen molar-refractivity contribution in [3.05, 3.63) is 0 Å². The first-order valence-electron chi connectivity index (χ1n) is 4.41. The lowest BCUT2D eigenvalue weighted by molar-refractivity contribution is -0.119. The van der Waals surface area contributed by atoms with E-state index >= 15 is 0 Å². The molecule has 4 N–H and O–H groups in total. The van der Waals surface area contributed by atoms with Crippen LogP contribution in [0.25, 0.3) is 0 Å². The Hall–Kier alpha value is -1.14. The van der Waals surface area contributed by atoms with Gasteiger partial charge >= 0.3 is 6.03 Å². The number of ether oxygens (including phenoxy) is 1. The number of carbonyl (C=O) groups excluding carboxylic acids is 2. The topological polar surface area (TPSA) is 93.4 Å². The van der Waals surface area contributed by atoms with Gasteiger partial charge in [0, 0.05) is 13.2 Å². The number of amides is 3. The second-order valence-corrected chi connectivity index (χ2v) is 2.85. The number of methoxy groups -OCH3 is 1. The van der Waals surface area contributed by atoms with Crippen molar-refractivity contribution >= 4 is 11.9 Å². The molecule has 0 aliphatic carbocycles. The molecule has 0 saturated carbocycles. The van der Waals surface area contributed by atoms with E-state index in [1.54, 1.807) is 7.11 Å². The molecule has 1 unspecified atom stereocenters. The zero-order valence-corrected chi connectivity index (χ0v) is 8.50. The minimum Gasteiger partial charge on any atom is -0.383 e. The Morgan fingerprint density at radius 3 is 2.57 bits per heavy atom. The number of rotatable bonds is 6. The van der Waals surface area contributed by atoms with Crippen LogP contribution >= 0.6 is 0 Å². The highest BCUT2D eigenvalue weighted by Crippen LogP contribution is 1.89. The van der Waals surface area contributed by atoms with Crippen molar-refractivity contribution in [3.63, 3.8) is 0 Å². The summed E-state index contributed by atoms with van der Waals surface area (Å²) >= 11 is 0. The number of nitrogens with two attached hydrogens (primary N) is 1. The number of carbonyl (C=O) groups is 2. The Balaban J connectivity index is 3.67. The molecule has 0 heterocycles. The van der Waals surface area contributed by atoms with Crippen LogP contribution in [0.4, 0.5) is 4.79 Å². The van der Waals surface area contributed by atoms with E-state index < -0.39 is 11.9 Å². The minimum atomic E-state index is -0.836. The lowest BCUT2D eigenvalue weighted by atomic mass is 10.2. The molecular weight excluding hydrogens is 186 g/mol. The summed E-state index contributed by atoms with van der Waals surface area (Å²) in [6.07, 6.45) is 0.845. The van der Waals surface area contributed by atoms with Crippen molar-refractivity contribution in [1.82, 2.24) is 10.6 Å². The average Bonchev–Trinajstić information content (AvgIpc) is 2.11. The summed E-state index contributed by atoms with van der Waals surface area (Å²) in [4.78, 5) is 21.3. The van der Waals surface area contributed by atoms with Crippen molar-refractivity contribution in [2.75, 3.05) is 20.3 Å². The van der Waals surface area contributed by atoms with Crippen molar-refractivity contribution in [2.45, 2.75) is 19.4 Å². The van der Waals surface area contributed by atoms with E-state index in [0.29, 0.717) is 6.61 Å². The molecule has 3 amide bonds. The van der Waals surface area contributed by atoms with E-state index in [9.17, 15) is 9.59 Å². The summed E-state index contributed by atoms with van der Waals surface area (Å²) in [5.74, 6) is -0.438. The predicted octanol–water partition coefficient (Wildman–Crippen LogP) is -0.804. The highest BCUT2D eigenvalue weighted by molar-refractivity contribution is 5.94. The van der Waals surface area contributed by atoms with Gasteiger partial charge in [0.2, 0.25) is 5.91 Å². The first kappa shape index (κ1) is 12.9. The molecule has 0 aromatic rings. The Bertz CT molecular complexity index is 196. The minimum absolute atomic E-state index is 0.0603. The van der Waals surface area contributed by atoms with Gasteiger partial charge in [-0.2, -0.15) is 0 Å². The van der Waals surface area contributed by atoms with Crippen LogP contribution in [0.5, 0.6) is 0 Å². The molecule has 6 heteroatoms. The van der Waals surface area contributed by atoms with Crippen molar-refractivity contribution in [2.24, 2.45) is 5.73 Å². The maximum absolute atomic E-state index is 11.0. The molecule has 14 heavy (non-hydrogen) atoms. The molecule has 0 spiro atoms. The Kier molecular flexibility index (Phi) is 6.69. The van der Waals surface area contributed by atoms with E-state index in [1.165, 1.54) is 0 Å².